The third-order valence-electron chi connectivity index (χ3n) is 4.36. The zero-order valence-corrected chi connectivity index (χ0v) is 12.6. The van der Waals surface area contributed by atoms with E-state index in [4.69, 9.17) is 0 Å². The van der Waals surface area contributed by atoms with Gasteiger partial charge in [0.2, 0.25) is 0 Å². The molecule has 1 aromatic heterocycles. The standard InChI is InChI=1S/C17H23N3O/c1-2-20(12-13-5-4-9-18-11-13)17(21)15-7-3-6-14-8-10-19-16(14)15/h3,6-8,10,13,18-19H,2,4-5,9,11-12H2,1H3. The summed E-state index contributed by atoms with van der Waals surface area (Å²) < 4.78 is 0. The smallest absolute Gasteiger partial charge is 0.255 e. The number of nitrogens with one attached hydrogen (secondary N) is 2. The van der Waals surface area contributed by atoms with Gasteiger partial charge in [0, 0.05) is 24.7 Å². The van der Waals surface area contributed by atoms with Crippen molar-refractivity contribution in [1.29, 1.82) is 0 Å². The van der Waals surface area contributed by atoms with Gasteiger partial charge in [-0.3, -0.25) is 4.79 Å². The summed E-state index contributed by atoms with van der Waals surface area (Å²) in [7, 11) is 0. The van der Waals surface area contributed by atoms with Crippen LogP contribution in [-0.4, -0.2) is 42.0 Å². The van der Waals surface area contributed by atoms with Crippen LogP contribution < -0.4 is 5.32 Å². The van der Waals surface area contributed by atoms with Crippen molar-refractivity contribution in [2.75, 3.05) is 26.2 Å². The van der Waals surface area contributed by atoms with Crippen LogP contribution in [0.25, 0.3) is 10.9 Å². The Morgan fingerprint density at radius 1 is 1.38 bits per heavy atom. The number of benzene rings is 1. The highest BCUT2D eigenvalue weighted by Gasteiger charge is 2.22. The predicted molar refractivity (Wildman–Crippen MR) is 85.5 cm³/mol. The Labute approximate surface area is 125 Å². The summed E-state index contributed by atoms with van der Waals surface area (Å²) in [6, 6.07) is 7.92. The summed E-state index contributed by atoms with van der Waals surface area (Å²) in [5, 5.41) is 4.52. The van der Waals surface area contributed by atoms with E-state index < -0.39 is 0 Å². The summed E-state index contributed by atoms with van der Waals surface area (Å²) in [5.74, 6) is 0.710. The molecule has 4 heteroatoms. The van der Waals surface area contributed by atoms with Gasteiger partial charge in [-0.25, -0.2) is 0 Å². The van der Waals surface area contributed by atoms with Crippen molar-refractivity contribution in [2.24, 2.45) is 5.92 Å². The molecule has 2 aromatic rings. The van der Waals surface area contributed by atoms with Gasteiger partial charge in [0.1, 0.15) is 0 Å². The maximum atomic E-state index is 12.8. The van der Waals surface area contributed by atoms with E-state index in [1.807, 2.05) is 35.4 Å². The molecule has 0 radical (unpaired) electrons. The Kier molecular flexibility index (Phi) is 4.25. The largest absolute Gasteiger partial charge is 0.361 e. The normalized spacial score (nSPS) is 18.8. The van der Waals surface area contributed by atoms with Crippen LogP contribution in [0.4, 0.5) is 0 Å². The lowest BCUT2D eigenvalue weighted by Crippen LogP contribution is -2.41. The molecule has 1 atom stereocenters. The van der Waals surface area contributed by atoms with Crippen LogP contribution in [0, 0.1) is 5.92 Å². The molecule has 1 fully saturated rings. The van der Waals surface area contributed by atoms with Crippen molar-refractivity contribution in [3.8, 4) is 0 Å². The number of hydrogen-bond donors (Lipinski definition) is 2. The van der Waals surface area contributed by atoms with E-state index in [1.165, 1.54) is 12.8 Å². The third kappa shape index (κ3) is 2.95. The molecule has 2 N–H and O–H groups in total. The van der Waals surface area contributed by atoms with E-state index in [9.17, 15) is 4.79 Å². The molecule has 0 aliphatic carbocycles. The van der Waals surface area contributed by atoms with Gasteiger partial charge in [0.25, 0.3) is 5.91 Å². The van der Waals surface area contributed by atoms with Crippen molar-refractivity contribution in [1.82, 2.24) is 15.2 Å². The van der Waals surface area contributed by atoms with Gasteiger partial charge in [0.05, 0.1) is 11.1 Å². The van der Waals surface area contributed by atoms with Crippen molar-refractivity contribution in [3.63, 3.8) is 0 Å². The second-order valence-corrected chi connectivity index (χ2v) is 5.80. The minimum absolute atomic E-state index is 0.135. The third-order valence-corrected chi connectivity index (χ3v) is 4.36. The summed E-state index contributed by atoms with van der Waals surface area (Å²) in [6.45, 7) is 5.80. The average molecular weight is 285 g/mol. The van der Waals surface area contributed by atoms with E-state index in [0.29, 0.717) is 5.92 Å². The van der Waals surface area contributed by atoms with Gasteiger partial charge in [0.15, 0.2) is 0 Å². The van der Waals surface area contributed by atoms with Crippen molar-refractivity contribution in [3.05, 3.63) is 36.0 Å². The summed E-state index contributed by atoms with van der Waals surface area (Å²) >= 11 is 0. The molecule has 1 aromatic carbocycles. The molecular formula is C17H23N3O. The molecule has 0 spiro atoms. The highest BCUT2D eigenvalue weighted by atomic mass is 16.2. The number of nitrogens with zero attached hydrogens (tertiary/aromatic N) is 1. The molecule has 0 saturated carbocycles. The molecule has 1 aliphatic heterocycles. The number of carbonyl (C=O) groups is 1. The monoisotopic (exact) mass is 285 g/mol. The Morgan fingerprint density at radius 2 is 2.29 bits per heavy atom. The number of aromatic nitrogens is 1. The molecule has 4 nitrogen and oxygen atoms in total. The number of carbonyl (C=O) groups excluding carboxylic acids is 1. The minimum Gasteiger partial charge on any atom is -0.361 e. The van der Waals surface area contributed by atoms with Crippen molar-refractivity contribution < 1.29 is 4.79 Å². The van der Waals surface area contributed by atoms with E-state index >= 15 is 0 Å². The lowest BCUT2D eigenvalue weighted by Gasteiger charge is -2.29. The highest BCUT2D eigenvalue weighted by Crippen LogP contribution is 2.20. The van der Waals surface area contributed by atoms with E-state index in [2.05, 4.69) is 17.2 Å². The Morgan fingerprint density at radius 3 is 3.05 bits per heavy atom. The number of piperidine rings is 1. The van der Waals surface area contributed by atoms with Crippen LogP contribution in [-0.2, 0) is 0 Å². The van der Waals surface area contributed by atoms with Crippen molar-refractivity contribution in [2.45, 2.75) is 19.8 Å². The number of aromatic amines is 1. The summed E-state index contributed by atoms with van der Waals surface area (Å²) in [5.41, 5.74) is 1.73. The second-order valence-electron chi connectivity index (χ2n) is 5.80. The van der Waals surface area contributed by atoms with Gasteiger partial charge in [-0.2, -0.15) is 0 Å². The molecule has 21 heavy (non-hydrogen) atoms. The van der Waals surface area contributed by atoms with E-state index in [1.54, 1.807) is 0 Å². The second kappa shape index (κ2) is 6.31. The number of hydrogen-bond acceptors (Lipinski definition) is 2. The molecule has 0 bridgehead atoms. The van der Waals surface area contributed by atoms with Crippen LogP contribution in [0.5, 0.6) is 0 Å². The molecule has 1 aliphatic rings. The zero-order chi connectivity index (χ0) is 14.7. The van der Waals surface area contributed by atoms with E-state index in [-0.39, 0.29) is 5.91 Å². The van der Waals surface area contributed by atoms with Crippen LogP contribution in [0.3, 0.4) is 0 Å². The molecule has 2 heterocycles. The number of H-pyrrole nitrogens is 1. The van der Waals surface area contributed by atoms with Gasteiger partial charge >= 0.3 is 0 Å². The topological polar surface area (TPSA) is 48.1 Å². The number of amides is 1. The Balaban J connectivity index is 1.79. The van der Waals surface area contributed by atoms with Gasteiger partial charge in [-0.05, 0) is 50.9 Å². The molecule has 1 saturated heterocycles. The SMILES string of the molecule is CCN(CC1CCCNC1)C(=O)c1cccc2cc[nH]c12. The average Bonchev–Trinajstić information content (AvgIpc) is 3.01. The summed E-state index contributed by atoms with van der Waals surface area (Å²) in [4.78, 5) is 18.0. The summed E-state index contributed by atoms with van der Waals surface area (Å²) in [6.07, 6.45) is 4.31. The van der Waals surface area contributed by atoms with Crippen molar-refractivity contribution >= 4 is 16.8 Å². The Bertz CT molecular complexity index is 613. The lowest BCUT2D eigenvalue weighted by molar-refractivity contribution is 0.0731. The zero-order valence-electron chi connectivity index (χ0n) is 12.6. The molecule has 3 rings (SSSR count). The first kappa shape index (κ1) is 14.1. The van der Waals surface area contributed by atoms with Crippen LogP contribution in [0.15, 0.2) is 30.5 Å². The maximum absolute atomic E-state index is 12.8. The van der Waals surface area contributed by atoms with Gasteiger partial charge in [-0.15, -0.1) is 0 Å². The predicted octanol–water partition coefficient (Wildman–Crippen LogP) is 2.63. The first-order valence-electron chi connectivity index (χ1n) is 7.85. The Hall–Kier alpha value is -1.81. The fraction of sp³-hybridized carbons (Fsp3) is 0.471. The first-order chi connectivity index (χ1) is 10.3. The van der Waals surface area contributed by atoms with E-state index in [0.717, 1.165) is 42.6 Å². The highest BCUT2D eigenvalue weighted by molar-refractivity contribution is 6.05. The maximum Gasteiger partial charge on any atom is 0.255 e. The van der Waals surface area contributed by atoms with Crippen LogP contribution >= 0.6 is 0 Å². The number of rotatable bonds is 4. The lowest BCUT2D eigenvalue weighted by atomic mass is 9.98. The number of para-hydroxylation sites is 1. The molecule has 112 valence electrons. The molecular weight excluding hydrogens is 262 g/mol. The first-order valence-corrected chi connectivity index (χ1v) is 7.85. The molecule has 1 amide bonds. The van der Waals surface area contributed by atoms with Crippen LogP contribution in [0.2, 0.25) is 0 Å². The minimum atomic E-state index is 0.135. The fourth-order valence-electron chi connectivity index (χ4n) is 3.18. The quantitative estimate of drug-likeness (QED) is 0.907. The van der Waals surface area contributed by atoms with Crippen LogP contribution in [0.1, 0.15) is 30.1 Å². The molecule has 1 unspecified atom stereocenters. The fourth-order valence-corrected chi connectivity index (χ4v) is 3.18. The van der Waals surface area contributed by atoms with Gasteiger partial charge < -0.3 is 15.2 Å². The van der Waals surface area contributed by atoms with Gasteiger partial charge in [-0.1, -0.05) is 12.1 Å². The number of fused-ring (bicyclic) bond motifs is 1.